The van der Waals surface area contributed by atoms with E-state index in [1.165, 1.54) is 11.3 Å². The van der Waals surface area contributed by atoms with Crippen molar-refractivity contribution in [3.05, 3.63) is 10.6 Å². The first-order chi connectivity index (χ1) is 9.99. The second-order valence-corrected chi connectivity index (χ2v) is 5.60. The molecule has 21 heavy (non-hydrogen) atoms. The molecule has 1 aliphatic carbocycles. The largest absolute Gasteiger partial charge is 0.480 e. The number of nitrogens with zero attached hydrogens (tertiary/aromatic N) is 1. The Balaban J connectivity index is 1.92. The van der Waals surface area contributed by atoms with Gasteiger partial charge >= 0.3 is 18.0 Å². The number of esters is 1. The van der Waals surface area contributed by atoms with Crippen LogP contribution in [0.4, 0.5) is 9.93 Å². The van der Waals surface area contributed by atoms with Crippen molar-refractivity contribution in [2.75, 3.05) is 12.4 Å². The van der Waals surface area contributed by atoms with Crippen molar-refractivity contribution in [2.45, 2.75) is 31.7 Å². The van der Waals surface area contributed by atoms with Crippen molar-refractivity contribution in [3.8, 4) is 0 Å². The number of fused-ring (bicyclic) bond motifs is 1. The molecule has 0 fully saturated rings. The Kier molecular flexibility index (Phi) is 4.73. The third kappa shape index (κ3) is 3.91. The van der Waals surface area contributed by atoms with E-state index in [4.69, 9.17) is 5.11 Å². The minimum atomic E-state index is -1.34. The molecule has 0 saturated carbocycles. The van der Waals surface area contributed by atoms with Crippen LogP contribution in [0.15, 0.2) is 0 Å². The fourth-order valence-corrected chi connectivity index (χ4v) is 3.03. The molecule has 0 spiro atoms. The lowest BCUT2D eigenvalue weighted by molar-refractivity contribution is -0.147. The van der Waals surface area contributed by atoms with Crippen LogP contribution in [0.1, 0.15) is 23.4 Å². The monoisotopic (exact) mass is 313 g/mol. The van der Waals surface area contributed by atoms with Crippen LogP contribution in [-0.2, 0) is 27.2 Å². The fraction of sp³-hybridized carbons (Fsp3) is 0.500. The molecule has 9 heteroatoms. The van der Waals surface area contributed by atoms with Gasteiger partial charge in [0.25, 0.3) is 0 Å². The molecule has 3 N–H and O–H groups in total. The highest BCUT2D eigenvalue weighted by molar-refractivity contribution is 7.15. The molecule has 0 bridgehead atoms. The second-order valence-electron chi connectivity index (χ2n) is 4.51. The van der Waals surface area contributed by atoms with E-state index < -0.39 is 30.4 Å². The lowest BCUT2D eigenvalue weighted by Gasteiger charge is -2.13. The topological polar surface area (TPSA) is 118 Å². The first-order valence-corrected chi connectivity index (χ1v) is 7.17. The molecule has 2 amide bonds. The van der Waals surface area contributed by atoms with Gasteiger partial charge in [-0.2, -0.15) is 0 Å². The van der Waals surface area contributed by atoms with Gasteiger partial charge in [0, 0.05) is 4.88 Å². The number of thiazole rings is 1. The van der Waals surface area contributed by atoms with Gasteiger partial charge in [0.15, 0.2) is 5.13 Å². The number of hydrogen-bond donors (Lipinski definition) is 3. The summed E-state index contributed by atoms with van der Waals surface area (Å²) in [6, 6.07) is -2.05. The number of carboxylic acid groups (broad SMARTS) is 1. The van der Waals surface area contributed by atoms with Crippen molar-refractivity contribution in [1.82, 2.24) is 10.3 Å². The summed E-state index contributed by atoms with van der Waals surface area (Å²) >= 11 is 1.38. The molecule has 2 rings (SSSR count). The zero-order valence-corrected chi connectivity index (χ0v) is 12.2. The number of ether oxygens (including phenoxy) is 1. The molecular formula is C12H15N3O5S. The molecular weight excluding hydrogens is 298 g/mol. The highest BCUT2D eigenvalue weighted by Gasteiger charge is 2.24. The van der Waals surface area contributed by atoms with Gasteiger partial charge in [-0.15, -0.1) is 11.3 Å². The average molecular weight is 313 g/mol. The third-order valence-electron chi connectivity index (χ3n) is 3.02. The summed E-state index contributed by atoms with van der Waals surface area (Å²) in [5.74, 6) is -2.02. The van der Waals surface area contributed by atoms with Crippen LogP contribution in [0.3, 0.4) is 0 Å². The molecule has 1 atom stereocenters. The molecule has 8 nitrogen and oxygen atoms in total. The van der Waals surface area contributed by atoms with E-state index in [1.54, 1.807) is 0 Å². The summed E-state index contributed by atoms with van der Waals surface area (Å²) in [6.07, 6.45) is 2.49. The van der Waals surface area contributed by atoms with Crippen molar-refractivity contribution >= 4 is 34.4 Å². The number of methoxy groups -OCH3 is 1. The SMILES string of the molecule is COC(=O)C[C@H](NC(=O)Nc1nc2c(s1)CCC2)C(=O)O. The van der Waals surface area contributed by atoms with E-state index >= 15 is 0 Å². The highest BCUT2D eigenvalue weighted by atomic mass is 32.1. The van der Waals surface area contributed by atoms with E-state index in [0.29, 0.717) is 5.13 Å². The number of carbonyl (C=O) groups is 3. The summed E-state index contributed by atoms with van der Waals surface area (Å²) in [7, 11) is 1.15. The first-order valence-electron chi connectivity index (χ1n) is 6.35. The van der Waals surface area contributed by atoms with Gasteiger partial charge in [-0.25, -0.2) is 14.6 Å². The maximum Gasteiger partial charge on any atom is 0.326 e. The summed E-state index contributed by atoms with van der Waals surface area (Å²) in [5, 5.41) is 14.1. The Morgan fingerprint density at radius 2 is 2.19 bits per heavy atom. The standard InChI is InChI=1S/C12H15N3O5S/c1-20-9(16)5-7(10(17)18)13-11(19)15-12-14-6-3-2-4-8(6)21-12/h7H,2-5H2,1H3,(H,17,18)(H2,13,14,15,19)/t7-/m0/s1. The molecule has 114 valence electrons. The number of carboxylic acids is 1. The van der Waals surface area contributed by atoms with Gasteiger partial charge in [0.05, 0.1) is 19.2 Å². The lowest BCUT2D eigenvalue weighted by atomic mass is 10.2. The van der Waals surface area contributed by atoms with Gasteiger partial charge in [-0.1, -0.05) is 0 Å². The van der Waals surface area contributed by atoms with Crippen molar-refractivity contribution < 1.29 is 24.2 Å². The van der Waals surface area contributed by atoms with Crippen molar-refractivity contribution in [3.63, 3.8) is 0 Å². The zero-order valence-electron chi connectivity index (χ0n) is 11.3. The van der Waals surface area contributed by atoms with E-state index in [-0.39, 0.29) is 0 Å². The van der Waals surface area contributed by atoms with E-state index in [9.17, 15) is 14.4 Å². The Bertz CT molecular complexity index is 550. The number of nitrogens with one attached hydrogen (secondary N) is 2. The first kappa shape index (κ1) is 15.2. The average Bonchev–Trinajstić information content (AvgIpc) is 2.98. The Labute approximate surface area is 124 Å². The predicted octanol–water partition coefficient (Wildman–Crippen LogP) is 0.770. The number of anilines is 1. The molecule has 0 aromatic carbocycles. The summed E-state index contributed by atoms with van der Waals surface area (Å²) in [6.45, 7) is 0. The summed E-state index contributed by atoms with van der Waals surface area (Å²) in [4.78, 5) is 39.3. The smallest absolute Gasteiger partial charge is 0.326 e. The predicted molar refractivity (Wildman–Crippen MR) is 74.4 cm³/mol. The van der Waals surface area contributed by atoms with Gasteiger partial charge in [-0.05, 0) is 19.3 Å². The summed E-state index contributed by atoms with van der Waals surface area (Å²) < 4.78 is 4.39. The Hall–Kier alpha value is -2.16. The number of aryl methyl sites for hydroxylation is 2. The number of amides is 2. The molecule has 0 saturated heterocycles. The van der Waals surface area contributed by atoms with Crippen molar-refractivity contribution in [1.29, 1.82) is 0 Å². The number of urea groups is 1. The van der Waals surface area contributed by atoms with E-state index in [0.717, 1.165) is 36.9 Å². The van der Waals surface area contributed by atoms with Crippen LogP contribution in [0.25, 0.3) is 0 Å². The van der Waals surface area contributed by atoms with Gasteiger partial charge in [0.2, 0.25) is 0 Å². The molecule has 0 aliphatic heterocycles. The minimum absolute atomic E-state index is 0.430. The summed E-state index contributed by atoms with van der Waals surface area (Å²) in [5.41, 5.74) is 0.986. The molecule has 1 aromatic heterocycles. The maximum absolute atomic E-state index is 11.8. The molecule has 1 aromatic rings. The zero-order chi connectivity index (χ0) is 15.4. The normalized spacial score (nSPS) is 14.1. The third-order valence-corrected chi connectivity index (χ3v) is 4.09. The van der Waals surface area contributed by atoms with Gasteiger partial charge in [-0.3, -0.25) is 10.1 Å². The van der Waals surface area contributed by atoms with Gasteiger partial charge < -0.3 is 15.2 Å². The number of aromatic nitrogens is 1. The van der Waals surface area contributed by atoms with Crippen LogP contribution in [0.5, 0.6) is 0 Å². The Morgan fingerprint density at radius 1 is 1.43 bits per heavy atom. The van der Waals surface area contributed by atoms with E-state index in [1.807, 2.05) is 0 Å². The van der Waals surface area contributed by atoms with Gasteiger partial charge in [0.1, 0.15) is 6.04 Å². The quantitative estimate of drug-likeness (QED) is 0.691. The number of hydrogen-bond acceptors (Lipinski definition) is 6. The highest BCUT2D eigenvalue weighted by Crippen LogP contribution is 2.30. The fourth-order valence-electron chi connectivity index (χ4n) is 1.99. The van der Waals surface area contributed by atoms with Crippen LogP contribution in [-0.4, -0.2) is 41.2 Å². The van der Waals surface area contributed by atoms with Crippen LogP contribution in [0, 0.1) is 0 Å². The molecule has 0 radical (unpaired) electrons. The minimum Gasteiger partial charge on any atom is -0.480 e. The molecule has 1 aliphatic rings. The van der Waals surface area contributed by atoms with Crippen LogP contribution >= 0.6 is 11.3 Å². The Morgan fingerprint density at radius 3 is 2.81 bits per heavy atom. The second kappa shape index (κ2) is 6.53. The van der Waals surface area contributed by atoms with Crippen molar-refractivity contribution in [2.24, 2.45) is 0 Å². The lowest BCUT2D eigenvalue weighted by Crippen LogP contribution is -2.44. The number of aliphatic carboxylic acids is 1. The maximum atomic E-state index is 11.8. The molecule has 1 heterocycles. The number of carbonyl (C=O) groups excluding carboxylic acids is 2. The van der Waals surface area contributed by atoms with Crippen LogP contribution < -0.4 is 10.6 Å². The van der Waals surface area contributed by atoms with E-state index in [2.05, 4.69) is 20.4 Å². The van der Waals surface area contributed by atoms with Crippen LogP contribution in [0.2, 0.25) is 0 Å². The molecule has 0 unspecified atom stereocenters. The number of rotatable bonds is 5.